The molecule has 0 spiro atoms. The molecular weight excluding hydrogens is 395 g/mol. The van der Waals surface area contributed by atoms with Gasteiger partial charge in [-0.2, -0.15) is 0 Å². The van der Waals surface area contributed by atoms with Crippen molar-refractivity contribution in [1.29, 1.82) is 0 Å². The lowest BCUT2D eigenvalue weighted by Crippen LogP contribution is -2.33. The Hall–Kier alpha value is -3.93. The molecule has 4 rings (SSSR count). The summed E-state index contributed by atoms with van der Waals surface area (Å²) in [4.78, 5) is 27.5. The van der Waals surface area contributed by atoms with Crippen molar-refractivity contribution in [2.75, 3.05) is 16.8 Å². The molecular formula is C25H21FN2O3. The Balaban J connectivity index is 1.80. The highest BCUT2D eigenvalue weighted by Gasteiger charge is 2.41. The maximum absolute atomic E-state index is 14.5. The number of anilines is 2. The van der Waals surface area contributed by atoms with Crippen LogP contribution in [0.3, 0.4) is 0 Å². The number of ether oxygens (including phenoxy) is 1. The Morgan fingerprint density at radius 1 is 0.903 bits per heavy atom. The first kappa shape index (κ1) is 20.3. The minimum Gasteiger partial charge on any atom is -0.494 e. The Kier molecular flexibility index (Phi) is 5.54. The van der Waals surface area contributed by atoms with E-state index in [1.165, 1.54) is 18.2 Å². The summed E-state index contributed by atoms with van der Waals surface area (Å²) >= 11 is 0. The fourth-order valence-corrected chi connectivity index (χ4v) is 3.43. The zero-order valence-corrected chi connectivity index (χ0v) is 17.2. The number of benzene rings is 3. The minimum atomic E-state index is -0.646. The van der Waals surface area contributed by atoms with E-state index in [1.54, 1.807) is 30.3 Å². The van der Waals surface area contributed by atoms with Gasteiger partial charge in [-0.05, 0) is 55.8 Å². The number of nitrogens with zero attached hydrogens (tertiary/aromatic N) is 1. The molecule has 0 saturated heterocycles. The Morgan fingerprint density at radius 2 is 1.58 bits per heavy atom. The predicted molar refractivity (Wildman–Crippen MR) is 118 cm³/mol. The molecule has 0 fully saturated rings. The van der Waals surface area contributed by atoms with Gasteiger partial charge in [0.1, 0.15) is 17.3 Å². The van der Waals surface area contributed by atoms with Gasteiger partial charge in [-0.1, -0.05) is 42.0 Å². The van der Waals surface area contributed by atoms with Gasteiger partial charge in [0.15, 0.2) is 0 Å². The van der Waals surface area contributed by atoms with Crippen LogP contribution in [-0.2, 0) is 9.59 Å². The summed E-state index contributed by atoms with van der Waals surface area (Å²) in [6.07, 6.45) is 0. The second-order valence-corrected chi connectivity index (χ2v) is 7.10. The number of hydrogen-bond donors (Lipinski definition) is 1. The molecule has 0 unspecified atom stereocenters. The second-order valence-electron chi connectivity index (χ2n) is 7.10. The van der Waals surface area contributed by atoms with Gasteiger partial charge in [0.25, 0.3) is 11.8 Å². The smallest absolute Gasteiger partial charge is 0.282 e. The maximum Gasteiger partial charge on any atom is 0.282 e. The largest absolute Gasteiger partial charge is 0.494 e. The SMILES string of the molecule is CCOc1ccc(C2=C(Nc3ccc(C)cc3)C(=O)N(c3ccccc3F)C2=O)cc1. The highest BCUT2D eigenvalue weighted by atomic mass is 19.1. The van der Waals surface area contributed by atoms with Crippen molar-refractivity contribution < 1.29 is 18.7 Å². The molecule has 0 saturated carbocycles. The topological polar surface area (TPSA) is 58.6 Å². The van der Waals surface area contributed by atoms with E-state index in [4.69, 9.17) is 4.74 Å². The van der Waals surface area contributed by atoms with Gasteiger partial charge in [-0.25, -0.2) is 9.29 Å². The summed E-state index contributed by atoms with van der Waals surface area (Å²) < 4.78 is 19.9. The van der Waals surface area contributed by atoms with Crippen LogP contribution in [-0.4, -0.2) is 18.4 Å². The zero-order chi connectivity index (χ0) is 22.0. The summed E-state index contributed by atoms with van der Waals surface area (Å²) in [5.74, 6) is -1.19. The van der Waals surface area contributed by atoms with Gasteiger partial charge >= 0.3 is 0 Å². The molecule has 1 aliphatic rings. The van der Waals surface area contributed by atoms with E-state index in [9.17, 15) is 14.0 Å². The molecule has 1 aliphatic heterocycles. The van der Waals surface area contributed by atoms with Crippen LogP contribution < -0.4 is 15.0 Å². The van der Waals surface area contributed by atoms with E-state index < -0.39 is 17.6 Å². The summed E-state index contributed by atoms with van der Waals surface area (Å²) in [5, 5.41) is 3.07. The number of carbonyl (C=O) groups is 2. The van der Waals surface area contributed by atoms with Crippen molar-refractivity contribution in [3.63, 3.8) is 0 Å². The molecule has 1 heterocycles. The number of aryl methyl sites for hydroxylation is 1. The lowest BCUT2D eigenvalue weighted by Gasteiger charge is -2.16. The third-order valence-corrected chi connectivity index (χ3v) is 4.95. The van der Waals surface area contributed by atoms with Gasteiger partial charge in [0.05, 0.1) is 17.9 Å². The fraction of sp³-hybridized carbons (Fsp3) is 0.120. The van der Waals surface area contributed by atoms with Crippen molar-refractivity contribution in [2.45, 2.75) is 13.8 Å². The fourth-order valence-electron chi connectivity index (χ4n) is 3.43. The van der Waals surface area contributed by atoms with E-state index in [0.717, 1.165) is 10.5 Å². The van der Waals surface area contributed by atoms with Crippen LogP contribution in [0.5, 0.6) is 5.75 Å². The molecule has 31 heavy (non-hydrogen) atoms. The van der Waals surface area contributed by atoms with Crippen LogP contribution in [0.25, 0.3) is 5.57 Å². The van der Waals surface area contributed by atoms with Crippen LogP contribution >= 0.6 is 0 Å². The van der Waals surface area contributed by atoms with Crippen LogP contribution in [0, 0.1) is 12.7 Å². The summed E-state index contributed by atoms with van der Waals surface area (Å²) in [6.45, 7) is 4.35. The molecule has 6 heteroatoms. The minimum absolute atomic E-state index is 0.0818. The number of amides is 2. The number of hydrogen-bond acceptors (Lipinski definition) is 4. The average Bonchev–Trinajstić information content (AvgIpc) is 3.00. The van der Waals surface area contributed by atoms with E-state index in [0.29, 0.717) is 23.6 Å². The molecule has 5 nitrogen and oxygen atoms in total. The number of halogens is 1. The summed E-state index contributed by atoms with van der Waals surface area (Å²) in [6, 6.07) is 20.1. The highest BCUT2D eigenvalue weighted by molar-refractivity contribution is 6.46. The first-order chi connectivity index (χ1) is 15.0. The quantitative estimate of drug-likeness (QED) is 0.579. The average molecular weight is 416 g/mol. The number of imide groups is 1. The van der Waals surface area contributed by atoms with Crippen molar-refractivity contribution >= 4 is 28.8 Å². The van der Waals surface area contributed by atoms with Crippen molar-refractivity contribution in [3.05, 3.63) is 95.4 Å². The monoisotopic (exact) mass is 416 g/mol. The highest BCUT2D eigenvalue weighted by Crippen LogP contribution is 2.35. The molecule has 3 aromatic rings. The van der Waals surface area contributed by atoms with Crippen LogP contribution in [0.1, 0.15) is 18.1 Å². The number of rotatable bonds is 6. The standard InChI is InChI=1S/C25H21FN2O3/c1-3-31-19-14-10-17(11-15-19)22-23(27-18-12-8-16(2)9-13-18)25(30)28(24(22)29)21-7-5-4-6-20(21)26/h4-15,27H,3H2,1-2H3. The number of para-hydroxylation sites is 1. The first-order valence-corrected chi connectivity index (χ1v) is 9.94. The van der Waals surface area contributed by atoms with E-state index in [-0.39, 0.29) is 17.0 Å². The molecule has 156 valence electrons. The molecule has 3 aromatic carbocycles. The molecule has 0 aromatic heterocycles. The van der Waals surface area contributed by atoms with Crippen LogP contribution in [0.4, 0.5) is 15.8 Å². The first-order valence-electron chi connectivity index (χ1n) is 9.94. The van der Waals surface area contributed by atoms with E-state index >= 15 is 0 Å². The number of carbonyl (C=O) groups excluding carboxylic acids is 2. The molecule has 0 atom stereocenters. The molecule has 0 bridgehead atoms. The number of nitrogens with one attached hydrogen (secondary N) is 1. The Labute approximate surface area is 179 Å². The molecule has 0 aliphatic carbocycles. The van der Waals surface area contributed by atoms with Crippen LogP contribution in [0.2, 0.25) is 0 Å². The predicted octanol–water partition coefficient (Wildman–Crippen LogP) is 4.93. The van der Waals surface area contributed by atoms with Gasteiger partial charge < -0.3 is 10.1 Å². The Morgan fingerprint density at radius 3 is 2.23 bits per heavy atom. The van der Waals surface area contributed by atoms with Crippen molar-refractivity contribution in [1.82, 2.24) is 0 Å². The molecule has 0 radical (unpaired) electrons. The molecule has 2 amide bonds. The van der Waals surface area contributed by atoms with Gasteiger partial charge in [-0.3, -0.25) is 9.59 Å². The van der Waals surface area contributed by atoms with Crippen molar-refractivity contribution in [2.24, 2.45) is 0 Å². The van der Waals surface area contributed by atoms with Crippen molar-refractivity contribution in [3.8, 4) is 5.75 Å². The third kappa shape index (κ3) is 3.92. The van der Waals surface area contributed by atoms with E-state index in [2.05, 4.69) is 5.32 Å². The lowest BCUT2D eigenvalue weighted by molar-refractivity contribution is -0.120. The third-order valence-electron chi connectivity index (χ3n) is 4.95. The maximum atomic E-state index is 14.5. The van der Waals surface area contributed by atoms with Gasteiger partial charge in [0, 0.05) is 5.69 Å². The second kappa shape index (κ2) is 8.44. The lowest BCUT2D eigenvalue weighted by atomic mass is 10.0. The van der Waals surface area contributed by atoms with Gasteiger partial charge in [-0.15, -0.1) is 0 Å². The van der Waals surface area contributed by atoms with E-state index in [1.807, 2.05) is 38.1 Å². The molecule has 1 N–H and O–H groups in total. The normalized spacial score (nSPS) is 13.7. The Bertz CT molecular complexity index is 1170. The van der Waals surface area contributed by atoms with Gasteiger partial charge in [0.2, 0.25) is 0 Å². The summed E-state index contributed by atoms with van der Waals surface area (Å²) in [7, 11) is 0. The summed E-state index contributed by atoms with van der Waals surface area (Å²) in [5.41, 5.74) is 2.45. The van der Waals surface area contributed by atoms with Crippen LogP contribution in [0.15, 0.2) is 78.5 Å². The zero-order valence-electron chi connectivity index (χ0n) is 17.2.